The van der Waals surface area contributed by atoms with Crippen LogP contribution in [0.4, 0.5) is 11.5 Å². The van der Waals surface area contributed by atoms with Gasteiger partial charge in [-0.1, -0.05) is 19.4 Å². The number of pyridine rings is 1. The standard InChI is InChI=1S/C21H29N7O/c1-3-4-9-29-19-12-18(22)21-25-14-17(28(21)26-19)11-16-10-15(2)20(24-13-16)27-7-5-23-6-8-27/h10,12-14,23H,3-9,11,22H2,1-2H3. The molecule has 0 unspecified atom stereocenters. The summed E-state index contributed by atoms with van der Waals surface area (Å²) in [5, 5.41) is 7.97. The van der Waals surface area contributed by atoms with E-state index >= 15 is 0 Å². The predicted molar refractivity (Wildman–Crippen MR) is 115 cm³/mol. The second-order valence-corrected chi connectivity index (χ2v) is 7.52. The summed E-state index contributed by atoms with van der Waals surface area (Å²) in [7, 11) is 0. The van der Waals surface area contributed by atoms with E-state index in [9.17, 15) is 0 Å². The summed E-state index contributed by atoms with van der Waals surface area (Å²) in [6.07, 6.45) is 6.52. The summed E-state index contributed by atoms with van der Waals surface area (Å²) >= 11 is 0. The largest absolute Gasteiger partial charge is 0.477 e. The Morgan fingerprint density at radius 1 is 1.17 bits per heavy atom. The van der Waals surface area contributed by atoms with Gasteiger partial charge in [0.2, 0.25) is 5.88 Å². The van der Waals surface area contributed by atoms with Gasteiger partial charge in [-0.2, -0.15) is 0 Å². The molecule has 0 atom stereocenters. The molecule has 1 fully saturated rings. The predicted octanol–water partition coefficient (Wildman–Crippen LogP) is 2.19. The fourth-order valence-corrected chi connectivity index (χ4v) is 3.67. The number of aryl methyl sites for hydroxylation is 1. The number of nitrogens with two attached hydrogens (primary N) is 1. The van der Waals surface area contributed by atoms with E-state index in [2.05, 4.69) is 40.2 Å². The van der Waals surface area contributed by atoms with Crippen molar-refractivity contribution in [3.8, 4) is 5.88 Å². The Hall–Kier alpha value is -2.87. The lowest BCUT2D eigenvalue weighted by atomic mass is 10.1. The van der Waals surface area contributed by atoms with E-state index in [1.165, 1.54) is 5.56 Å². The number of rotatable bonds is 7. The van der Waals surface area contributed by atoms with Crippen molar-refractivity contribution in [2.24, 2.45) is 0 Å². The van der Waals surface area contributed by atoms with Gasteiger partial charge in [-0.25, -0.2) is 14.5 Å². The Balaban J connectivity index is 1.56. The van der Waals surface area contributed by atoms with E-state index in [0.29, 0.717) is 30.2 Å². The molecule has 1 aliphatic heterocycles. The zero-order valence-electron chi connectivity index (χ0n) is 17.2. The third kappa shape index (κ3) is 4.27. The van der Waals surface area contributed by atoms with Crippen molar-refractivity contribution in [1.29, 1.82) is 0 Å². The second kappa shape index (κ2) is 8.65. The van der Waals surface area contributed by atoms with Gasteiger partial charge >= 0.3 is 0 Å². The lowest BCUT2D eigenvalue weighted by Gasteiger charge is -2.29. The van der Waals surface area contributed by atoms with E-state index in [1.807, 2.05) is 12.4 Å². The number of fused-ring (bicyclic) bond motifs is 1. The first-order chi connectivity index (χ1) is 14.2. The monoisotopic (exact) mass is 395 g/mol. The number of hydrogen-bond acceptors (Lipinski definition) is 7. The summed E-state index contributed by atoms with van der Waals surface area (Å²) in [4.78, 5) is 11.5. The molecule has 3 aromatic rings. The lowest BCUT2D eigenvalue weighted by molar-refractivity contribution is 0.293. The molecule has 4 rings (SSSR count). The zero-order valence-corrected chi connectivity index (χ0v) is 17.2. The smallest absolute Gasteiger partial charge is 0.233 e. The van der Waals surface area contributed by atoms with Crippen molar-refractivity contribution >= 4 is 17.2 Å². The van der Waals surface area contributed by atoms with Crippen LogP contribution in [0.3, 0.4) is 0 Å². The molecule has 29 heavy (non-hydrogen) atoms. The van der Waals surface area contributed by atoms with E-state index in [4.69, 9.17) is 15.5 Å². The maximum atomic E-state index is 6.17. The van der Waals surface area contributed by atoms with E-state index in [-0.39, 0.29) is 0 Å². The minimum atomic E-state index is 0.533. The summed E-state index contributed by atoms with van der Waals surface area (Å²) in [6, 6.07) is 3.95. The van der Waals surface area contributed by atoms with Crippen LogP contribution < -0.4 is 20.7 Å². The van der Waals surface area contributed by atoms with Crippen LogP contribution in [-0.4, -0.2) is 52.4 Å². The van der Waals surface area contributed by atoms with Gasteiger partial charge in [0, 0.05) is 44.9 Å². The topological polar surface area (TPSA) is 93.6 Å². The molecule has 0 aromatic carbocycles. The average molecular weight is 396 g/mol. The average Bonchev–Trinajstić information content (AvgIpc) is 3.12. The van der Waals surface area contributed by atoms with Gasteiger partial charge in [0.05, 0.1) is 24.2 Å². The Bertz CT molecular complexity index is 979. The summed E-state index contributed by atoms with van der Waals surface area (Å²) in [6.45, 7) is 8.87. The molecule has 0 bridgehead atoms. The number of ether oxygens (including phenoxy) is 1. The van der Waals surface area contributed by atoms with Crippen molar-refractivity contribution in [2.75, 3.05) is 43.4 Å². The van der Waals surface area contributed by atoms with Crippen LogP contribution in [0.1, 0.15) is 36.6 Å². The number of piperazine rings is 1. The van der Waals surface area contributed by atoms with Crippen LogP contribution in [0.25, 0.3) is 5.65 Å². The molecule has 1 aliphatic rings. The van der Waals surface area contributed by atoms with E-state index < -0.39 is 0 Å². The van der Waals surface area contributed by atoms with Crippen LogP contribution in [0.2, 0.25) is 0 Å². The number of nitrogen functional groups attached to an aromatic ring is 1. The highest BCUT2D eigenvalue weighted by atomic mass is 16.5. The number of imidazole rings is 1. The number of hydrogen-bond donors (Lipinski definition) is 2. The van der Waals surface area contributed by atoms with Crippen molar-refractivity contribution in [1.82, 2.24) is 24.9 Å². The van der Waals surface area contributed by atoms with Gasteiger partial charge in [-0.15, -0.1) is 5.10 Å². The molecule has 0 radical (unpaired) electrons. The Labute approximate surface area is 171 Å². The molecule has 3 N–H and O–H groups in total. The highest BCUT2D eigenvalue weighted by Crippen LogP contribution is 2.23. The SMILES string of the molecule is CCCCOc1cc(N)c2ncc(Cc3cnc(N4CCNCC4)c(C)c3)n2n1. The number of nitrogens with zero attached hydrogens (tertiary/aromatic N) is 5. The molecule has 0 spiro atoms. The van der Waals surface area contributed by atoms with Crippen molar-refractivity contribution in [3.05, 3.63) is 41.3 Å². The van der Waals surface area contributed by atoms with Gasteiger partial charge in [-0.05, 0) is 24.5 Å². The first kappa shape index (κ1) is 19.4. The first-order valence-electron chi connectivity index (χ1n) is 10.3. The summed E-state index contributed by atoms with van der Waals surface area (Å²) < 4.78 is 7.54. The maximum absolute atomic E-state index is 6.17. The Morgan fingerprint density at radius 2 is 2.00 bits per heavy atom. The number of aromatic nitrogens is 4. The minimum absolute atomic E-state index is 0.533. The molecule has 1 saturated heterocycles. The molecule has 0 saturated carbocycles. The van der Waals surface area contributed by atoms with Crippen LogP contribution >= 0.6 is 0 Å². The van der Waals surface area contributed by atoms with Crippen LogP contribution in [0.5, 0.6) is 5.88 Å². The van der Waals surface area contributed by atoms with Crippen LogP contribution in [0.15, 0.2) is 24.5 Å². The lowest BCUT2D eigenvalue weighted by Crippen LogP contribution is -2.44. The highest BCUT2D eigenvalue weighted by Gasteiger charge is 2.15. The third-order valence-corrected chi connectivity index (χ3v) is 5.20. The van der Waals surface area contributed by atoms with E-state index in [1.54, 1.807) is 10.6 Å². The van der Waals surface area contributed by atoms with Gasteiger partial charge in [-0.3, -0.25) is 0 Å². The zero-order chi connectivity index (χ0) is 20.2. The third-order valence-electron chi connectivity index (χ3n) is 5.20. The van der Waals surface area contributed by atoms with Crippen molar-refractivity contribution in [2.45, 2.75) is 33.1 Å². The minimum Gasteiger partial charge on any atom is -0.477 e. The van der Waals surface area contributed by atoms with Gasteiger partial charge in [0.25, 0.3) is 0 Å². The van der Waals surface area contributed by atoms with Crippen LogP contribution in [-0.2, 0) is 6.42 Å². The molecular formula is C21H29N7O. The molecular weight excluding hydrogens is 366 g/mol. The maximum Gasteiger partial charge on any atom is 0.233 e. The molecule has 0 amide bonds. The summed E-state index contributed by atoms with van der Waals surface area (Å²) in [5.41, 5.74) is 10.7. The number of anilines is 2. The Kier molecular flexibility index (Phi) is 5.80. The van der Waals surface area contributed by atoms with E-state index in [0.717, 1.165) is 56.1 Å². The Morgan fingerprint density at radius 3 is 2.76 bits per heavy atom. The molecule has 0 aliphatic carbocycles. The van der Waals surface area contributed by atoms with Crippen LogP contribution in [0, 0.1) is 6.92 Å². The molecule has 154 valence electrons. The number of unbranched alkanes of at least 4 members (excludes halogenated alkanes) is 1. The summed E-state index contributed by atoms with van der Waals surface area (Å²) in [5.74, 6) is 1.61. The van der Waals surface area contributed by atoms with Gasteiger partial charge in [0.1, 0.15) is 5.82 Å². The van der Waals surface area contributed by atoms with Crippen molar-refractivity contribution in [3.63, 3.8) is 0 Å². The second-order valence-electron chi connectivity index (χ2n) is 7.52. The fraction of sp³-hybridized carbons (Fsp3) is 0.476. The first-order valence-corrected chi connectivity index (χ1v) is 10.3. The fourth-order valence-electron chi connectivity index (χ4n) is 3.67. The van der Waals surface area contributed by atoms with Crippen molar-refractivity contribution < 1.29 is 4.74 Å². The molecule has 8 nitrogen and oxygen atoms in total. The number of nitrogens with one attached hydrogen (secondary N) is 1. The molecule has 3 aromatic heterocycles. The quantitative estimate of drug-likeness (QED) is 0.592. The highest BCUT2D eigenvalue weighted by molar-refractivity contribution is 5.65. The van der Waals surface area contributed by atoms with Gasteiger partial charge in [0.15, 0.2) is 5.65 Å². The molecule has 4 heterocycles. The normalized spacial score (nSPS) is 14.5. The van der Waals surface area contributed by atoms with Gasteiger partial charge < -0.3 is 20.7 Å². The molecule has 8 heteroatoms.